The van der Waals surface area contributed by atoms with Gasteiger partial charge in [0.25, 0.3) is 11.8 Å². The molecule has 1 aliphatic heterocycles. The fourth-order valence-corrected chi connectivity index (χ4v) is 2.63. The van der Waals surface area contributed by atoms with Crippen molar-refractivity contribution in [2.24, 2.45) is 0 Å². The van der Waals surface area contributed by atoms with E-state index < -0.39 is 41.6 Å². The SMILES string of the molecule is CC(C)(C)OC(=O)N[C@H](CNC(=O)ON1C(=O)CCC1=O)CC(=O)OCc1ccccc1. The van der Waals surface area contributed by atoms with Crippen molar-refractivity contribution in [3.8, 4) is 0 Å². The summed E-state index contributed by atoms with van der Waals surface area (Å²) in [6.07, 6.45) is -2.22. The van der Waals surface area contributed by atoms with Gasteiger partial charge in [-0.2, -0.15) is 0 Å². The van der Waals surface area contributed by atoms with E-state index in [0.29, 0.717) is 5.06 Å². The summed E-state index contributed by atoms with van der Waals surface area (Å²) in [6.45, 7) is 4.84. The minimum atomic E-state index is -1.08. The van der Waals surface area contributed by atoms with Crippen LogP contribution in [-0.2, 0) is 35.3 Å². The van der Waals surface area contributed by atoms with Crippen molar-refractivity contribution >= 4 is 30.0 Å². The molecule has 1 fully saturated rings. The first kappa shape index (κ1) is 24.6. The van der Waals surface area contributed by atoms with E-state index in [9.17, 15) is 24.0 Å². The van der Waals surface area contributed by atoms with Crippen molar-refractivity contribution in [2.45, 2.75) is 58.3 Å². The first-order valence-electron chi connectivity index (χ1n) is 10.0. The highest BCUT2D eigenvalue weighted by Crippen LogP contribution is 2.12. The molecular formula is C21H27N3O8. The third-order valence-electron chi connectivity index (χ3n) is 4.05. The Hall–Kier alpha value is -3.63. The minimum Gasteiger partial charge on any atom is -0.461 e. The van der Waals surface area contributed by atoms with Crippen LogP contribution in [0.3, 0.4) is 0 Å². The van der Waals surface area contributed by atoms with Crippen LogP contribution in [0.5, 0.6) is 0 Å². The number of hydrogen-bond acceptors (Lipinski definition) is 8. The largest absolute Gasteiger partial charge is 0.461 e. The van der Waals surface area contributed by atoms with Crippen LogP contribution in [-0.4, -0.2) is 53.2 Å². The molecule has 1 heterocycles. The lowest BCUT2D eigenvalue weighted by atomic mass is 10.2. The van der Waals surface area contributed by atoms with E-state index in [1.165, 1.54) is 0 Å². The van der Waals surface area contributed by atoms with E-state index in [0.717, 1.165) is 5.56 Å². The van der Waals surface area contributed by atoms with E-state index in [-0.39, 0.29) is 32.4 Å². The maximum atomic E-state index is 12.2. The molecule has 0 radical (unpaired) electrons. The van der Waals surface area contributed by atoms with Gasteiger partial charge in [-0.1, -0.05) is 30.3 Å². The zero-order chi connectivity index (χ0) is 23.7. The number of benzene rings is 1. The van der Waals surface area contributed by atoms with Gasteiger partial charge >= 0.3 is 18.2 Å². The first-order chi connectivity index (χ1) is 15.0. The lowest BCUT2D eigenvalue weighted by molar-refractivity contribution is -0.171. The molecule has 0 spiro atoms. The fraction of sp³-hybridized carbons (Fsp3) is 0.476. The number of alkyl carbamates (subject to hydrolysis) is 1. The van der Waals surface area contributed by atoms with Gasteiger partial charge in [-0.25, -0.2) is 9.59 Å². The number of rotatable bonds is 8. The summed E-state index contributed by atoms with van der Waals surface area (Å²) >= 11 is 0. The number of ether oxygens (including phenoxy) is 2. The summed E-state index contributed by atoms with van der Waals surface area (Å²) in [5.41, 5.74) is 0.0183. The lowest BCUT2D eigenvalue weighted by Crippen LogP contribution is -2.47. The molecule has 1 aliphatic rings. The zero-order valence-electron chi connectivity index (χ0n) is 18.2. The Kier molecular flexibility index (Phi) is 8.56. The molecule has 1 atom stereocenters. The highest BCUT2D eigenvalue weighted by molar-refractivity contribution is 6.01. The van der Waals surface area contributed by atoms with Crippen molar-refractivity contribution < 1.29 is 38.3 Å². The van der Waals surface area contributed by atoms with Crippen molar-refractivity contribution in [3.05, 3.63) is 35.9 Å². The second kappa shape index (κ2) is 11.1. The third-order valence-corrected chi connectivity index (χ3v) is 4.05. The number of amides is 4. The highest BCUT2D eigenvalue weighted by atomic mass is 16.7. The van der Waals surface area contributed by atoms with Gasteiger partial charge < -0.3 is 24.9 Å². The van der Waals surface area contributed by atoms with Gasteiger partial charge in [-0.05, 0) is 26.3 Å². The molecule has 0 bridgehead atoms. The summed E-state index contributed by atoms with van der Waals surface area (Å²) in [4.78, 5) is 64.1. The number of nitrogens with one attached hydrogen (secondary N) is 2. The predicted octanol–water partition coefficient (Wildman–Crippen LogP) is 1.80. The van der Waals surface area contributed by atoms with Crippen LogP contribution in [0.4, 0.5) is 9.59 Å². The molecule has 1 saturated heterocycles. The second-order valence-corrected chi connectivity index (χ2v) is 8.04. The summed E-state index contributed by atoms with van der Waals surface area (Å²) in [7, 11) is 0. The third kappa shape index (κ3) is 8.62. The number of nitrogens with zero attached hydrogens (tertiary/aromatic N) is 1. The van der Waals surface area contributed by atoms with E-state index in [1.807, 2.05) is 6.07 Å². The Labute approximate surface area is 185 Å². The smallest absolute Gasteiger partial charge is 0.432 e. The standard InChI is InChI=1S/C21H27N3O8/c1-21(2,3)31-20(29)23-15(11-18(27)30-13-14-7-5-4-6-8-14)12-22-19(28)32-24-16(25)9-10-17(24)26/h4-8,15H,9-13H2,1-3H3,(H,22,28)(H,23,29)/t15-/m0/s1. The fourth-order valence-electron chi connectivity index (χ4n) is 2.63. The molecule has 0 aliphatic carbocycles. The number of hydrogen-bond donors (Lipinski definition) is 2. The highest BCUT2D eigenvalue weighted by Gasteiger charge is 2.33. The van der Waals surface area contributed by atoms with Crippen molar-refractivity contribution in [1.29, 1.82) is 0 Å². The Morgan fingerprint density at radius 3 is 2.25 bits per heavy atom. The summed E-state index contributed by atoms with van der Waals surface area (Å²) in [5, 5.41) is 5.19. The van der Waals surface area contributed by atoms with E-state index in [4.69, 9.17) is 14.3 Å². The number of esters is 1. The Morgan fingerprint density at radius 1 is 1.03 bits per heavy atom. The quantitative estimate of drug-likeness (QED) is 0.452. The molecule has 0 unspecified atom stereocenters. The summed E-state index contributed by atoms with van der Waals surface area (Å²) in [6, 6.07) is 8.14. The molecule has 32 heavy (non-hydrogen) atoms. The minimum absolute atomic E-state index is 0.0395. The molecule has 2 N–H and O–H groups in total. The molecule has 2 rings (SSSR count). The molecular weight excluding hydrogens is 422 g/mol. The lowest BCUT2D eigenvalue weighted by Gasteiger charge is -2.23. The average Bonchev–Trinajstić information content (AvgIpc) is 3.02. The van der Waals surface area contributed by atoms with Crippen LogP contribution in [0.1, 0.15) is 45.6 Å². The van der Waals surface area contributed by atoms with Crippen LogP contribution in [0, 0.1) is 0 Å². The van der Waals surface area contributed by atoms with Gasteiger partial charge in [0.1, 0.15) is 12.2 Å². The monoisotopic (exact) mass is 449 g/mol. The number of carbonyl (C=O) groups excluding carboxylic acids is 5. The van der Waals surface area contributed by atoms with Crippen LogP contribution < -0.4 is 10.6 Å². The summed E-state index contributed by atoms with van der Waals surface area (Å²) in [5.74, 6) is -1.87. The number of imide groups is 1. The molecule has 0 aromatic heterocycles. The number of hydroxylamine groups is 2. The average molecular weight is 449 g/mol. The van der Waals surface area contributed by atoms with Crippen molar-refractivity contribution in [1.82, 2.24) is 15.7 Å². The Morgan fingerprint density at radius 2 is 1.66 bits per heavy atom. The Bertz CT molecular complexity index is 834. The molecule has 0 saturated carbocycles. The summed E-state index contributed by atoms with van der Waals surface area (Å²) < 4.78 is 10.4. The van der Waals surface area contributed by atoms with Crippen LogP contribution >= 0.6 is 0 Å². The van der Waals surface area contributed by atoms with Gasteiger partial charge in [0.15, 0.2) is 0 Å². The first-order valence-corrected chi connectivity index (χ1v) is 10.0. The van der Waals surface area contributed by atoms with Crippen LogP contribution in [0.2, 0.25) is 0 Å². The normalized spacial score (nSPS) is 14.5. The van der Waals surface area contributed by atoms with Gasteiger partial charge in [-0.15, -0.1) is 5.06 Å². The van der Waals surface area contributed by atoms with Crippen molar-refractivity contribution in [2.75, 3.05) is 6.54 Å². The Balaban J connectivity index is 1.91. The van der Waals surface area contributed by atoms with E-state index in [1.54, 1.807) is 45.0 Å². The molecule has 1 aromatic carbocycles. The number of carbonyl (C=O) groups is 5. The predicted molar refractivity (Wildman–Crippen MR) is 110 cm³/mol. The topological polar surface area (TPSA) is 140 Å². The second-order valence-electron chi connectivity index (χ2n) is 8.04. The zero-order valence-corrected chi connectivity index (χ0v) is 18.2. The molecule has 174 valence electrons. The molecule has 11 nitrogen and oxygen atoms in total. The van der Waals surface area contributed by atoms with Crippen molar-refractivity contribution in [3.63, 3.8) is 0 Å². The molecule has 1 aromatic rings. The van der Waals surface area contributed by atoms with E-state index in [2.05, 4.69) is 10.6 Å². The molecule has 11 heteroatoms. The van der Waals surface area contributed by atoms with Gasteiger partial charge in [0.05, 0.1) is 12.5 Å². The van der Waals surface area contributed by atoms with E-state index >= 15 is 0 Å². The maximum Gasteiger partial charge on any atom is 0.432 e. The molecule has 4 amide bonds. The van der Waals surface area contributed by atoms with Crippen LogP contribution in [0.25, 0.3) is 0 Å². The maximum absolute atomic E-state index is 12.2. The van der Waals surface area contributed by atoms with Crippen LogP contribution in [0.15, 0.2) is 30.3 Å². The van der Waals surface area contributed by atoms with Gasteiger partial charge in [-0.3, -0.25) is 14.4 Å². The van der Waals surface area contributed by atoms with Gasteiger partial charge in [0, 0.05) is 19.4 Å². The van der Waals surface area contributed by atoms with Gasteiger partial charge in [0.2, 0.25) is 0 Å².